The van der Waals surface area contributed by atoms with Crippen LogP contribution >= 0.6 is 0 Å². The van der Waals surface area contributed by atoms with Gasteiger partial charge in [-0.1, -0.05) is 0 Å². The molecule has 2 aliphatic rings. The number of amides is 1. The predicted molar refractivity (Wildman–Crippen MR) is 94.2 cm³/mol. The van der Waals surface area contributed by atoms with Crippen LogP contribution in [0, 0.1) is 0 Å². The number of benzene rings is 1. The van der Waals surface area contributed by atoms with Gasteiger partial charge in [0.2, 0.25) is 6.79 Å². The number of carbonyl (C=O) groups is 1. The molecular weight excluding hydrogens is 336 g/mol. The average molecular weight is 358 g/mol. The lowest BCUT2D eigenvalue weighted by Crippen LogP contribution is -2.50. The normalized spacial score (nSPS) is 18.2. The van der Waals surface area contributed by atoms with Crippen LogP contribution in [0.4, 0.5) is 0 Å². The lowest BCUT2D eigenvalue weighted by atomic mass is 10.1. The Morgan fingerprint density at radius 2 is 2.00 bits per heavy atom. The average Bonchev–Trinajstić information content (AvgIpc) is 3.30. The molecule has 4 rings (SSSR count). The van der Waals surface area contributed by atoms with Crippen molar-refractivity contribution in [1.29, 1.82) is 0 Å². The van der Waals surface area contributed by atoms with Crippen molar-refractivity contribution in [2.75, 3.05) is 39.5 Å². The number of hydrogen-bond acceptors (Lipinski definition) is 6. The number of hydrogen-bond donors (Lipinski definition) is 2. The first-order chi connectivity index (χ1) is 12.6. The summed E-state index contributed by atoms with van der Waals surface area (Å²) in [5, 5.41) is 16.6. The molecule has 3 heterocycles. The van der Waals surface area contributed by atoms with Crippen LogP contribution in [0.2, 0.25) is 0 Å². The van der Waals surface area contributed by atoms with Gasteiger partial charge in [-0.3, -0.25) is 14.8 Å². The second-order valence-corrected chi connectivity index (χ2v) is 6.68. The van der Waals surface area contributed by atoms with Crippen molar-refractivity contribution >= 4 is 5.91 Å². The van der Waals surface area contributed by atoms with Gasteiger partial charge in [0.05, 0.1) is 11.8 Å². The van der Waals surface area contributed by atoms with Gasteiger partial charge >= 0.3 is 0 Å². The minimum Gasteiger partial charge on any atom is -0.454 e. The summed E-state index contributed by atoms with van der Waals surface area (Å²) < 4.78 is 10.7. The number of fused-ring (bicyclic) bond motifs is 1. The topological polar surface area (TPSA) is 90.9 Å². The summed E-state index contributed by atoms with van der Waals surface area (Å²) in [6.45, 7) is 5.46. The second kappa shape index (κ2) is 6.97. The Morgan fingerprint density at radius 1 is 1.23 bits per heavy atom. The molecule has 0 saturated carbocycles. The number of carbonyl (C=O) groups excluding carboxylic acids is 1. The second-order valence-electron chi connectivity index (χ2n) is 6.68. The number of nitrogens with one attached hydrogen (secondary N) is 1. The highest BCUT2D eigenvalue weighted by Gasteiger charge is 2.24. The van der Waals surface area contributed by atoms with Gasteiger partial charge in [-0.2, -0.15) is 5.10 Å². The maximum absolute atomic E-state index is 12.7. The number of aromatic nitrogens is 2. The third-order valence-corrected chi connectivity index (χ3v) is 4.66. The SMILES string of the molecule is C[C@@H](O)CN1CCN(C(=O)c2cc(-c3ccc4c(c3)OCO4)n[nH]2)CC1. The molecule has 1 fully saturated rings. The quantitative estimate of drug-likeness (QED) is 0.845. The van der Waals surface area contributed by atoms with Crippen molar-refractivity contribution in [3.63, 3.8) is 0 Å². The molecule has 26 heavy (non-hydrogen) atoms. The van der Waals surface area contributed by atoms with Crippen LogP contribution in [0.3, 0.4) is 0 Å². The van der Waals surface area contributed by atoms with Crippen LogP contribution in [0.1, 0.15) is 17.4 Å². The summed E-state index contributed by atoms with van der Waals surface area (Å²) in [5.41, 5.74) is 2.03. The summed E-state index contributed by atoms with van der Waals surface area (Å²) in [6.07, 6.45) is -0.353. The number of aliphatic hydroxyl groups excluding tert-OH is 1. The van der Waals surface area contributed by atoms with Crippen LogP contribution < -0.4 is 9.47 Å². The first-order valence-corrected chi connectivity index (χ1v) is 8.75. The van der Waals surface area contributed by atoms with E-state index < -0.39 is 0 Å². The zero-order chi connectivity index (χ0) is 18.1. The van der Waals surface area contributed by atoms with Gasteiger partial charge in [-0.05, 0) is 31.2 Å². The Hall–Kier alpha value is -2.58. The van der Waals surface area contributed by atoms with Gasteiger partial charge in [0.15, 0.2) is 11.5 Å². The number of nitrogens with zero attached hydrogens (tertiary/aromatic N) is 3. The molecule has 138 valence electrons. The minimum absolute atomic E-state index is 0.0545. The van der Waals surface area contributed by atoms with Gasteiger partial charge < -0.3 is 19.5 Å². The zero-order valence-electron chi connectivity index (χ0n) is 14.6. The lowest BCUT2D eigenvalue weighted by molar-refractivity contribution is 0.0549. The fourth-order valence-corrected chi connectivity index (χ4v) is 3.31. The van der Waals surface area contributed by atoms with E-state index in [0.29, 0.717) is 36.8 Å². The van der Waals surface area contributed by atoms with Gasteiger partial charge in [-0.15, -0.1) is 0 Å². The third-order valence-electron chi connectivity index (χ3n) is 4.66. The molecule has 2 aliphatic heterocycles. The molecular formula is C18H22N4O4. The smallest absolute Gasteiger partial charge is 0.271 e. The number of H-pyrrole nitrogens is 1. The Morgan fingerprint density at radius 3 is 2.77 bits per heavy atom. The Kier molecular flexibility index (Phi) is 4.52. The number of ether oxygens (including phenoxy) is 2. The molecule has 1 amide bonds. The molecule has 2 N–H and O–H groups in total. The molecule has 1 aromatic heterocycles. The van der Waals surface area contributed by atoms with E-state index in [-0.39, 0.29) is 18.8 Å². The third kappa shape index (κ3) is 3.38. The van der Waals surface area contributed by atoms with Crippen LogP contribution in [0.25, 0.3) is 11.3 Å². The van der Waals surface area contributed by atoms with E-state index in [1.54, 1.807) is 13.0 Å². The molecule has 8 heteroatoms. The summed E-state index contributed by atoms with van der Waals surface area (Å²) >= 11 is 0. The fourth-order valence-electron chi connectivity index (χ4n) is 3.31. The Labute approximate surface area is 151 Å². The van der Waals surface area contributed by atoms with Gasteiger partial charge in [-0.25, -0.2) is 0 Å². The summed E-state index contributed by atoms with van der Waals surface area (Å²) in [6, 6.07) is 7.37. The number of aliphatic hydroxyl groups is 1. The molecule has 0 aliphatic carbocycles. The zero-order valence-corrected chi connectivity index (χ0v) is 14.6. The minimum atomic E-state index is -0.353. The van der Waals surface area contributed by atoms with E-state index in [4.69, 9.17) is 9.47 Å². The van der Waals surface area contributed by atoms with Gasteiger partial charge in [0.1, 0.15) is 5.69 Å². The molecule has 0 radical (unpaired) electrons. The molecule has 1 aromatic carbocycles. The highest BCUT2D eigenvalue weighted by molar-refractivity contribution is 5.93. The van der Waals surface area contributed by atoms with Crippen LogP contribution in [0.15, 0.2) is 24.3 Å². The number of piperazine rings is 1. The van der Waals surface area contributed by atoms with Crippen LogP contribution in [-0.2, 0) is 0 Å². The lowest BCUT2D eigenvalue weighted by Gasteiger charge is -2.34. The standard InChI is InChI=1S/C18H22N4O4/c1-12(23)10-21-4-6-22(7-5-21)18(24)15-9-14(19-20-15)13-2-3-16-17(8-13)26-11-25-16/h2-3,8-9,12,23H,4-7,10-11H2,1H3,(H,19,20)/t12-/m1/s1. The van der Waals surface area contributed by atoms with E-state index in [2.05, 4.69) is 15.1 Å². The number of aromatic amines is 1. The maximum Gasteiger partial charge on any atom is 0.271 e. The van der Waals surface area contributed by atoms with Gasteiger partial charge in [0.25, 0.3) is 5.91 Å². The Balaban J connectivity index is 1.42. The molecule has 1 atom stereocenters. The Bertz CT molecular complexity index is 796. The molecule has 1 saturated heterocycles. The molecule has 0 spiro atoms. The van der Waals surface area contributed by atoms with E-state index in [1.165, 1.54) is 0 Å². The molecule has 0 bridgehead atoms. The van der Waals surface area contributed by atoms with Crippen molar-refractivity contribution in [1.82, 2.24) is 20.0 Å². The first kappa shape index (κ1) is 16.9. The highest BCUT2D eigenvalue weighted by atomic mass is 16.7. The van der Waals surface area contributed by atoms with E-state index in [1.807, 2.05) is 23.1 Å². The van der Waals surface area contributed by atoms with Crippen LogP contribution in [-0.4, -0.2) is 76.6 Å². The summed E-state index contributed by atoms with van der Waals surface area (Å²) in [5.74, 6) is 1.35. The fraction of sp³-hybridized carbons (Fsp3) is 0.444. The van der Waals surface area contributed by atoms with Crippen molar-refractivity contribution in [2.45, 2.75) is 13.0 Å². The highest BCUT2D eigenvalue weighted by Crippen LogP contribution is 2.35. The molecule has 2 aromatic rings. The number of β-amino-alcohol motifs (C(OH)–C–C–N with tert-alkyl or cyclic N) is 1. The molecule has 8 nitrogen and oxygen atoms in total. The van der Waals surface area contributed by atoms with E-state index >= 15 is 0 Å². The number of rotatable bonds is 4. The summed E-state index contributed by atoms with van der Waals surface area (Å²) in [4.78, 5) is 16.7. The largest absolute Gasteiger partial charge is 0.454 e. The van der Waals surface area contributed by atoms with Crippen molar-refractivity contribution in [2.24, 2.45) is 0 Å². The summed E-state index contributed by atoms with van der Waals surface area (Å²) in [7, 11) is 0. The van der Waals surface area contributed by atoms with Crippen molar-refractivity contribution < 1.29 is 19.4 Å². The first-order valence-electron chi connectivity index (χ1n) is 8.75. The monoisotopic (exact) mass is 358 g/mol. The van der Waals surface area contributed by atoms with Crippen molar-refractivity contribution in [3.05, 3.63) is 30.0 Å². The molecule has 0 unspecified atom stereocenters. The predicted octanol–water partition coefficient (Wildman–Crippen LogP) is 0.944. The van der Waals surface area contributed by atoms with Crippen molar-refractivity contribution in [3.8, 4) is 22.8 Å². The van der Waals surface area contributed by atoms with E-state index in [0.717, 1.165) is 24.4 Å². The maximum atomic E-state index is 12.7. The van der Waals surface area contributed by atoms with Gasteiger partial charge in [0, 0.05) is 38.3 Å². The van der Waals surface area contributed by atoms with E-state index in [9.17, 15) is 9.90 Å². The van der Waals surface area contributed by atoms with Crippen LogP contribution in [0.5, 0.6) is 11.5 Å².